The Bertz CT molecular complexity index is 846. The third kappa shape index (κ3) is 11.4. The summed E-state index contributed by atoms with van der Waals surface area (Å²) in [6, 6.07) is 12.3. The van der Waals surface area contributed by atoms with Crippen molar-refractivity contribution >= 4 is 0 Å². The molecule has 2 rings (SSSR count). The summed E-state index contributed by atoms with van der Waals surface area (Å²) in [4.78, 5) is 0. The summed E-state index contributed by atoms with van der Waals surface area (Å²) in [7, 11) is 0. The van der Waals surface area contributed by atoms with Crippen molar-refractivity contribution in [3.8, 4) is 17.2 Å². The fourth-order valence-corrected chi connectivity index (χ4v) is 5.48. The zero-order chi connectivity index (χ0) is 26.7. The van der Waals surface area contributed by atoms with Gasteiger partial charge in [0.15, 0.2) is 11.5 Å². The SMILES string of the molecule is CCCCCCCCCCCc1cc(C(CCCCCCCCCC)c2ccccc2)c(O)c(O)c1O. The van der Waals surface area contributed by atoms with Crippen molar-refractivity contribution in [1.29, 1.82) is 0 Å². The highest BCUT2D eigenvalue weighted by molar-refractivity contribution is 5.59. The van der Waals surface area contributed by atoms with Crippen LogP contribution < -0.4 is 0 Å². The maximum atomic E-state index is 10.9. The van der Waals surface area contributed by atoms with E-state index in [1.54, 1.807) is 0 Å². The fourth-order valence-electron chi connectivity index (χ4n) is 5.48. The van der Waals surface area contributed by atoms with Gasteiger partial charge in [-0.05, 0) is 36.5 Å². The molecular formula is C34H54O3. The zero-order valence-electron chi connectivity index (χ0n) is 23.8. The highest BCUT2D eigenvalue weighted by Crippen LogP contribution is 2.46. The van der Waals surface area contributed by atoms with Crippen LogP contribution in [0.25, 0.3) is 0 Å². The molecule has 0 saturated heterocycles. The third-order valence-corrected chi connectivity index (χ3v) is 7.83. The minimum atomic E-state index is -0.361. The molecule has 0 aliphatic rings. The first-order valence-electron chi connectivity index (χ1n) is 15.4. The molecule has 3 N–H and O–H groups in total. The van der Waals surface area contributed by atoms with Crippen LogP contribution in [0.5, 0.6) is 17.2 Å². The maximum absolute atomic E-state index is 10.9. The molecule has 208 valence electrons. The standard InChI is InChI=1S/C34H54O3/c1-3-5-7-9-11-13-14-16-19-25-29-27-31(33(36)34(37)32(29)35)30(28-23-20-18-21-24-28)26-22-17-15-12-10-8-6-4-2/h18,20-21,23-24,27,30,35-37H,3-17,19,22,25-26H2,1-2H3. The van der Waals surface area contributed by atoms with E-state index in [4.69, 9.17) is 0 Å². The molecule has 0 aliphatic carbocycles. The number of aromatic hydroxyl groups is 3. The van der Waals surface area contributed by atoms with Crippen LogP contribution in [0.1, 0.15) is 152 Å². The van der Waals surface area contributed by atoms with Gasteiger partial charge in [0.1, 0.15) is 0 Å². The second-order valence-corrected chi connectivity index (χ2v) is 11.0. The van der Waals surface area contributed by atoms with Crippen LogP contribution in [-0.2, 0) is 6.42 Å². The Labute approximate surface area is 227 Å². The van der Waals surface area contributed by atoms with Crippen LogP contribution in [0.3, 0.4) is 0 Å². The topological polar surface area (TPSA) is 60.7 Å². The van der Waals surface area contributed by atoms with Crippen molar-refractivity contribution in [2.45, 2.75) is 142 Å². The lowest BCUT2D eigenvalue weighted by Crippen LogP contribution is -2.04. The molecule has 0 aliphatic heterocycles. The van der Waals surface area contributed by atoms with Crippen LogP contribution >= 0.6 is 0 Å². The number of hydrogen-bond donors (Lipinski definition) is 3. The molecule has 1 unspecified atom stereocenters. The second-order valence-electron chi connectivity index (χ2n) is 11.0. The minimum Gasteiger partial charge on any atom is -0.504 e. The van der Waals surface area contributed by atoms with Crippen molar-refractivity contribution in [1.82, 2.24) is 0 Å². The molecule has 0 saturated carbocycles. The molecule has 3 heteroatoms. The molecule has 37 heavy (non-hydrogen) atoms. The average molecular weight is 511 g/mol. The quantitative estimate of drug-likeness (QED) is 0.116. The molecule has 3 nitrogen and oxygen atoms in total. The van der Waals surface area contributed by atoms with Gasteiger partial charge in [0.05, 0.1) is 0 Å². The first kappa shape index (κ1) is 31.1. The summed E-state index contributed by atoms with van der Waals surface area (Å²) in [5, 5.41) is 32.1. The summed E-state index contributed by atoms with van der Waals surface area (Å²) >= 11 is 0. The van der Waals surface area contributed by atoms with Crippen LogP contribution in [0.15, 0.2) is 36.4 Å². The smallest absolute Gasteiger partial charge is 0.200 e. The van der Waals surface area contributed by atoms with E-state index < -0.39 is 0 Å². The Hall–Kier alpha value is -2.16. The van der Waals surface area contributed by atoms with Gasteiger partial charge in [-0.2, -0.15) is 0 Å². The van der Waals surface area contributed by atoms with E-state index in [2.05, 4.69) is 26.0 Å². The van der Waals surface area contributed by atoms with Gasteiger partial charge >= 0.3 is 0 Å². The van der Waals surface area contributed by atoms with E-state index in [0.717, 1.165) is 48.8 Å². The van der Waals surface area contributed by atoms with Gasteiger partial charge in [0.2, 0.25) is 5.75 Å². The van der Waals surface area contributed by atoms with E-state index in [1.807, 2.05) is 24.3 Å². The summed E-state index contributed by atoms with van der Waals surface area (Å²) < 4.78 is 0. The van der Waals surface area contributed by atoms with Crippen molar-refractivity contribution in [3.63, 3.8) is 0 Å². The van der Waals surface area contributed by atoms with Gasteiger partial charge in [-0.15, -0.1) is 0 Å². The van der Waals surface area contributed by atoms with Crippen molar-refractivity contribution in [3.05, 3.63) is 53.1 Å². The number of aryl methyl sites for hydroxylation is 1. The monoisotopic (exact) mass is 510 g/mol. The third-order valence-electron chi connectivity index (χ3n) is 7.83. The van der Waals surface area contributed by atoms with E-state index in [1.165, 1.54) is 89.9 Å². The first-order valence-corrected chi connectivity index (χ1v) is 15.4. The van der Waals surface area contributed by atoms with Gasteiger partial charge in [-0.25, -0.2) is 0 Å². The van der Waals surface area contributed by atoms with Crippen molar-refractivity contribution in [2.24, 2.45) is 0 Å². The summed E-state index contributed by atoms with van der Waals surface area (Å²) in [6.45, 7) is 4.50. The minimum absolute atomic E-state index is 0.00895. The van der Waals surface area contributed by atoms with Crippen LogP contribution in [-0.4, -0.2) is 15.3 Å². The maximum Gasteiger partial charge on any atom is 0.200 e. The predicted octanol–water partition coefficient (Wildman–Crippen LogP) is 10.5. The van der Waals surface area contributed by atoms with Gasteiger partial charge in [-0.1, -0.05) is 147 Å². The Morgan fingerprint density at radius 3 is 1.57 bits per heavy atom. The summed E-state index contributed by atoms with van der Waals surface area (Å²) in [5.41, 5.74) is 2.65. The Kier molecular flexibility index (Phi) is 15.9. The number of hydrogen-bond acceptors (Lipinski definition) is 3. The summed E-state index contributed by atoms with van der Waals surface area (Å²) in [5.74, 6) is -0.670. The molecule has 0 fully saturated rings. The molecule has 0 heterocycles. The predicted molar refractivity (Wildman–Crippen MR) is 158 cm³/mol. The van der Waals surface area contributed by atoms with Gasteiger partial charge < -0.3 is 15.3 Å². The zero-order valence-corrected chi connectivity index (χ0v) is 23.8. The van der Waals surface area contributed by atoms with Crippen LogP contribution in [0.4, 0.5) is 0 Å². The van der Waals surface area contributed by atoms with E-state index in [9.17, 15) is 15.3 Å². The van der Waals surface area contributed by atoms with Crippen molar-refractivity contribution < 1.29 is 15.3 Å². The highest BCUT2D eigenvalue weighted by atomic mass is 16.3. The van der Waals surface area contributed by atoms with E-state index >= 15 is 0 Å². The Morgan fingerprint density at radius 2 is 1.03 bits per heavy atom. The molecule has 0 aromatic heterocycles. The molecule has 0 spiro atoms. The van der Waals surface area contributed by atoms with Gasteiger partial charge in [0.25, 0.3) is 0 Å². The van der Waals surface area contributed by atoms with Gasteiger partial charge in [0, 0.05) is 11.5 Å². The van der Waals surface area contributed by atoms with Gasteiger partial charge in [-0.3, -0.25) is 0 Å². The number of unbranched alkanes of at least 4 members (excludes halogenated alkanes) is 15. The number of benzene rings is 2. The van der Waals surface area contributed by atoms with Crippen LogP contribution in [0, 0.1) is 0 Å². The first-order chi connectivity index (χ1) is 18.1. The molecule has 1 atom stereocenters. The normalized spacial score (nSPS) is 12.2. The lowest BCUT2D eigenvalue weighted by Gasteiger charge is -2.22. The number of phenols is 3. The fraction of sp³-hybridized carbons (Fsp3) is 0.647. The Balaban J connectivity index is 1.99. The lowest BCUT2D eigenvalue weighted by molar-refractivity contribution is 0.359. The van der Waals surface area contributed by atoms with Crippen LogP contribution in [0.2, 0.25) is 0 Å². The molecule has 0 bridgehead atoms. The van der Waals surface area contributed by atoms with E-state index in [0.29, 0.717) is 0 Å². The lowest BCUT2D eigenvalue weighted by atomic mass is 9.84. The number of rotatable bonds is 21. The second kappa shape index (κ2) is 19.0. The van der Waals surface area contributed by atoms with Crippen molar-refractivity contribution in [2.75, 3.05) is 0 Å². The molecule has 0 amide bonds. The average Bonchev–Trinajstić information content (AvgIpc) is 2.92. The Morgan fingerprint density at radius 1 is 0.541 bits per heavy atom. The molecular weight excluding hydrogens is 456 g/mol. The number of phenolic OH excluding ortho intramolecular Hbond substituents is 3. The summed E-state index contributed by atoms with van der Waals surface area (Å²) in [6.07, 6.45) is 23.0. The largest absolute Gasteiger partial charge is 0.504 e. The highest BCUT2D eigenvalue weighted by Gasteiger charge is 2.23. The van der Waals surface area contributed by atoms with E-state index in [-0.39, 0.29) is 23.2 Å². The molecule has 2 aromatic carbocycles. The molecule has 0 radical (unpaired) electrons. The molecule has 2 aromatic rings.